The number of aliphatic hydroxyl groups is 1. The Hall–Kier alpha value is -1.36. The Morgan fingerprint density at radius 3 is 2.90 bits per heavy atom. The van der Waals surface area contributed by atoms with Gasteiger partial charge in [0.1, 0.15) is 5.72 Å². The van der Waals surface area contributed by atoms with Crippen LogP contribution in [-0.2, 0) is 0 Å². The highest BCUT2D eigenvalue weighted by atomic mass is 35.5. The van der Waals surface area contributed by atoms with Crippen molar-refractivity contribution in [3.8, 4) is 0 Å². The lowest BCUT2D eigenvalue weighted by atomic mass is 9.39. The highest BCUT2D eigenvalue weighted by Crippen LogP contribution is 3.14. The molecular formula is C26H28ClN3O. The topological polar surface area (TPSA) is 48.4 Å². The molecule has 31 heavy (non-hydrogen) atoms. The molecule has 10 rings (SSSR count). The lowest BCUT2D eigenvalue weighted by Gasteiger charge is -2.63. The number of halogens is 1. The van der Waals surface area contributed by atoms with Crippen molar-refractivity contribution in [2.75, 3.05) is 18.4 Å². The first-order chi connectivity index (χ1) is 15.2. The van der Waals surface area contributed by atoms with Crippen molar-refractivity contribution in [1.82, 2.24) is 9.88 Å². The summed E-state index contributed by atoms with van der Waals surface area (Å²) in [6, 6.07) is 8.73. The quantitative estimate of drug-likeness (QED) is 0.607. The summed E-state index contributed by atoms with van der Waals surface area (Å²) in [5.74, 6) is 5.15. The fourth-order valence-electron chi connectivity index (χ4n) is 11.2. The van der Waals surface area contributed by atoms with Crippen LogP contribution in [0.15, 0.2) is 30.5 Å². The Bertz CT molecular complexity index is 1190. The Balaban J connectivity index is 0.800. The summed E-state index contributed by atoms with van der Waals surface area (Å²) in [5, 5.41) is 17.2. The molecular weight excluding hydrogens is 406 g/mol. The number of rotatable bonds is 8. The summed E-state index contributed by atoms with van der Waals surface area (Å²) in [7, 11) is 0. The molecule has 8 aliphatic rings. The van der Waals surface area contributed by atoms with Crippen LogP contribution in [0.5, 0.6) is 0 Å². The molecule has 2 aliphatic heterocycles. The lowest BCUT2D eigenvalue weighted by molar-refractivity contribution is -0.183. The molecule has 10 atom stereocenters. The maximum absolute atomic E-state index is 11.8. The lowest BCUT2D eigenvalue weighted by Crippen LogP contribution is -2.62. The number of nitrogens with zero attached hydrogens (tertiary/aromatic N) is 2. The van der Waals surface area contributed by atoms with Gasteiger partial charge < -0.3 is 10.4 Å². The molecule has 8 fully saturated rings. The van der Waals surface area contributed by atoms with Gasteiger partial charge in [-0.1, -0.05) is 24.4 Å². The summed E-state index contributed by atoms with van der Waals surface area (Å²) in [6.07, 6.45) is 8.29. The van der Waals surface area contributed by atoms with E-state index in [1.54, 1.807) is 0 Å². The van der Waals surface area contributed by atoms with E-state index in [0.29, 0.717) is 17.3 Å². The van der Waals surface area contributed by atoms with Gasteiger partial charge in [-0.3, -0.25) is 9.88 Å². The van der Waals surface area contributed by atoms with Crippen LogP contribution in [0.3, 0.4) is 0 Å². The maximum atomic E-state index is 11.8. The number of nitrogens with one attached hydrogen (secondary N) is 1. The van der Waals surface area contributed by atoms with Crippen molar-refractivity contribution in [3.05, 3.63) is 35.5 Å². The molecule has 5 heteroatoms. The number of hydrogen-bond acceptors (Lipinski definition) is 4. The number of unbranched alkanes of at least 4 members (excludes halogenated alkanes) is 3. The Morgan fingerprint density at radius 2 is 1.97 bits per heavy atom. The predicted octanol–water partition coefficient (Wildman–Crippen LogP) is 4.38. The molecule has 1 aromatic carbocycles. The minimum absolute atomic E-state index is 0.371. The van der Waals surface area contributed by atoms with E-state index in [2.05, 4.69) is 27.3 Å². The summed E-state index contributed by atoms with van der Waals surface area (Å²) >= 11 is 6.09. The van der Waals surface area contributed by atoms with Gasteiger partial charge in [0.2, 0.25) is 0 Å². The second kappa shape index (κ2) is 4.93. The molecule has 3 heterocycles. The van der Waals surface area contributed by atoms with Crippen LogP contribution in [0.4, 0.5) is 5.69 Å². The van der Waals surface area contributed by atoms with Crippen molar-refractivity contribution in [3.63, 3.8) is 0 Å². The largest absolute Gasteiger partial charge is 0.384 e. The second-order valence-electron chi connectivity index (χ2n) is 11.7. The molecule has 4 nitrogen and oxygen atoms in total. The van der Waals surface area contributed by atoms with Crippen LogP contribution in [-0.4, -0.2) is 39.8 Å². The molecule has 0 radical (unpaired) electrons. The van der Waals surface area contributed by atoms with Gasteiger partial charge in [0, 0.05) is 53.3 Å². The zero-order valence-corrected chi connectivity index (χ0v) is 18.4. The van der Waals surface area contributed by atoms with E-state index in [1.807, 2.05) is 18.3 Å². The minimum Gasteiger partial charge on any atom is -0.384 e. The molecule has 160 valence electrons. The van der Waals surface area contributed by atoms with Crippen LogP contribution < -0.4 is 5.32 Å². The Morgan fingerprint density at radius 1 is 1.06 bits per heavy atom. The summed E-state index contributed by atoms with van der Waals surface area (Å²) in [6.45, 7) is 2.12. The van der Waals surface area contributed by atoms with Crippen molar-refractivity contribution in [2.24, 2.45) is 46.3 Å². The van der Waals surface area contributed by atoms with Crippen LogP contribution in [0, 0.1) is 46.3 Å². The standard InChI is InChI=1S/C26H28ClN3O/c27-13-5-6-14-15(7-9-29-16(14)11-13)28-8-3-1-2-4-10-30-22-17-18-20-19(17)26(30,31)23-21(22)24(18)12-25(20,23)24/h5-7,9,11,17-23,31H,1-4,8,10,12H2,(H,28,29). The molecule has 6 aliphatic carbocycles. The van der Waals surface area contributed by atoms with E-state index in [9.17, 15) is 5.11 Å². The zero-order chi connectivity index (χ0) is 20.3. The van der Waals surface area contributed by atoms with Gasteiger partial charge in [-0.15, -0.1) is 0 Å². The van der Waals surface area contributed by atoms with Crippen molar-refractivity contribution in [1.29, 1.82) is 0 Å². The van der Waals surface area contributed by atoms with Crippen molar-refractivity contribution >= 4 is 28.2 Å². The highest BCUT2D eigenvalue weighted by molar-refractivity contribution is 6.31. The third-order valence-electron chi connectivity index (χ3n) is 11.5. The monoisotopic (exact) mass is 433 g/mol. The fraction of sp³-hybridized carbons (Fsp3) is 0.654. The summed E-state index contributed by atoms with van der Waals surface area (Å²) < 4.78 is 0. The van der Waals surface area contributed by atoms with Crippen LogP contribution in [0.1, 0.15) is 32.1 Å². The van der Waals surface area contributed by atoms with Gasteiger partial charge in [-0.25, -0.2) is 0 Å². The number of benzene rings is 1. The first-order valence-electron chi connectivity index (χ1n) is 12.4. The van der Waals surface area contributed by atoms with Gasteiger partial charge in [-0.2, -0.15) is 0 Å². The number of hydrogen-bond donors (Lipinski definition) is 2. The predicted molar refractivity (Wildman–Crippen MR) is 120 cm³/mol. The molecule has 2 spiro atoms. The van der Waals surface area contributed by atoms with E-state index in [0.717, 1.165) is 69.8 Å². The minimum atomic E-state index is -0.371. The third kappa shape index (κ3) is 1.44. The van der Waals surface area contributed by atoms with E-state index < -0.39 is 0 Å². The van der Waals surface area contributed by atoms with E-state index >= 15 is 0 Å². The molecule has 2 N–H and O–H groups in total. The molecule has 6 saturated carbocycles. The van der Waals surface area contributed by atoms with Crippen molar-refractivity contribution < 1.29 is 5.11 Å². The van der Waals surface area contributed by atoms with Crippen molar-refractivity contribution in [2.45, 2.75) is 43.9 Å². The summed E-state index contributed by atoms with van der Waals surface area (Å²) in [4.78, 5) is 7.07. The van der Waals surface area contributed by atoms with Gasteiger partial charge in [-0.05, 0) is 78.0 Å². The van der Waals surface area contributed by atoms with E-state index in [-0.39, 0.29) is 5.72 Å². The molecule has 2 aromatic rings. The molecule has 0 amide bonds. The number of aromatic nitrogens is 1. The Labute approximate surface area is 187 Å². The average Bonchev–Trinajstić information content (AvgIpc) is 3.04. The number of pyridine rings is 1. The van der Waals surface area contributed by atoms with Crippen LogP contribution in [0.25, 0.3) is 10.9 Å². The first kappa shape index (κ1) is 17.2. The SMILES string of the molecule is OC12C3C4C(C5C1C16CC51C4C36)N2CCCCCCNc1ccnc2cc(Cl)ccc12. The zero-order valence-electron chi connectivity index (χ0n) is 17.6. The molecule has 2 saturated heterocycles. The maximum Gasteiger partial charge on any atom is 0.125 e. The molecule has 2 bridgehead atoms. The van der Waals surface area contributed by atoms with Crippen LogP contribution in [0.2, 0.25) is 5.02 Å². The van der Waals surface area contributed by atoms with Gasteiger partial charge in [0.15, 0.2) is 0 Å². The highest BCUT2D eigenvalue weighted by Gasteiger charge is 3.15. The fourth-order valence-corrected chi connectivity index (χ4v) is 11.4. The average molecular weight is 434 g/mol. The normalized spacial score (nSPS) is 52.1. The summed E-state index contributed by atoms with van der Waals surface area (Å²) in [5.41, 5.74) is 3.17. The molecule has 1 aromatic heterocycles. The van der Waals surface area contributed by atoms with E-state index in [4.69, 9.17) is 11.6 Å². The van der Waals surface area contributed by atoms with Gasteiger partial charge in [0.05, 0.1) is 5.52 Å². The second-order valence-corrected chi connectivity index (χ2v) is 12.2. The number of anilines is 1. The van der Waals surface area contributed by atoms with Crippen LogP contribution >= 0.6 is 11.6 Å². The smallest absolute Gasteiger partial charge is 0.125 e. The van der Waals surface area contributed by atoms with Gasteiger partial charge in [0.25, 0.3) is 0 Å². The van der Waals surface area contributed by atoms with Gasteiger partial charge >= 0.3 is 0 Å². The molecule has 10 unspecified atom stereocenters. The third-order valence-corrected chi connectivity index (χ3v) is 11.7. The van der Waals surface area contributed by atoms with E-state index in [1.165, 1.54) is 32.1 Å². The first-order valence-corrected chi connectivity index (χ1v) is 12.8. The number of fused-ring (bicyclic) bond motifs is 1. The Kier molecular flexibility index (Phi) is 2.73.